The van der Waals surface area contributed by atoms with Crippen molar-refractivity contribution < 1.29 is 0 Å². The lowest BCUT2D eigenvalue weighted by Crippen LogP contribution is -1.76. The van der Waals surface area contributed by atoms with Crippen LogP contribution in [0.3, 0.4) is 0 Å². The molecule has 0 amide bonds. The van der Waals surface area contributed by atoms with Crippen molar-refractivity contribution in [1.82, 2.24) is 0 Å². The summed E-state index contributed by atoms with van der Waals surface area (Å²) in [6.45, 7) is 8.03. The zero-order valence-electron chi connectivity index (χ0n) is 11.6. The maximum atomic E-state index is 3.69. The number of allylic oxidation sites excluding steroid dienone is 1. The molecule has 0 N–H and O–H groups in total. The van der Waals surface area contributed by atoms with E-state index in [1.807, 2.05) is 24.3 Å². The lowest BCUT2D eigenvalue weighted by Gasteiger charge is -1.96. The SMILES string of the molecule is C=CCCCCCCCC.Cc1ccccc1. The average molecular weight is 232 g/mol. The van der Waals surface area contributed by atoms with Crippen molar-refractivity contribution in [1.29, 1.82) is 0 Å². The molecule has 0 nitrogen and oxygen atoms in total. The lowest BCUT2D eigenvalue weighted by atomic mass is 10.1. The Morgan fingerprint density at radius 2 is 1.53 bits per heavy atom. The standard InChI is InChI=1S/C10H20.C7H8/c1-3-5-7-9-10-8-6-4-2;1-7-5-3-2-4-6-7/h3H,1,4-10H2,2H3;2-6H,1H3. The molecule has 96 valence electrons. The Hall–Kier alpha value is -1.04. The zero-order valence-corrected chi connectivity index (χ0v) is 11.6. The molecule has 0 aliphatic carbocycles. The molecule has 1 aromatic carbocycles. The third-order valence-electron chi connectivity index (χ3n) is 2.70. The van der Waals surface area contributed by atoms with Crippen LogP contribution in [0.2, 0.25) is 0 Å². The van der Waals surface area contributed by atoms with Gasteiger partial charge in [0.1, 0.15) is 0 Å². The molecule has 0 spiro atoms. The smallest absolute Gasteiger partial charge is 0.0353 e. The highest BCUT2D eigenvalue weighted by atomic mass is 13.9. The highest BCUT2D eigenvalue weighted by molar-refractivity contribution is 5.11. The summed E-state index contributed by atoms with van der Waals surface area (Å²) < 4.78 is 0. The summed E-state index contributed by atoms with van der Waals surface area (Å²) in [6, 6.07) is 10.3. The van der Waals surface area contributed by atoms with E-state index >= 15 is 0 Å². The highest BCUT2D eigenvalue weighted by Crippen LogP contribution is 2.06. The Morgan fingerprint density at radius 1 is 0.941 bits per heavy atom. The first-order valence-corrected chi connectivity index (χ1v) is 6.93. The molecular weight excluding hydrogens is 204 g/mol. The average Bonchev–Trinajstić information content (AvgIpc) is 2.35. The Kier molecular flexibility index (Phi) is 12.2. The van der Waals surface area contributed by atoms with Gasteiger partial charge >= 0.3 is 0 Å². The summed E-state index contributed by atoms with van der Waals surface area (Å²) in [7, 11) is 0. The number of hydrogen-bond donors (Lipinski definition) is 0. The highest BCUT2D eigenvalue weighted by Gasteiger charge is 1.86. The minimum atomic E-state index is 1.20. The van der Waals surface area contributed by atoms with Crippen molar-refractivity contribution in [3.8, 4) is 0 Å². The summed E-state index contributed by atoms with van der Waals surface area (Å²) >= 11 is 0. The molecule has 0 fully saturated rings. The van der Waals surface area contributed by atoms with E-state index in [9.17, 15) is 0 Å². The van der Waals surface area contributed by atoms with E-state index in [0.717, 1.165) is 0 Å². The summed E-state index contributed by atoms with van der Waals surface area (Å²) in [5.41, 5.74) is 1.32. The van der Waals surface area contributed by atoms with Gasteiger partial charge in [-0.05, 0) is 19.8 Å². The summed E-state index contributed by atoms with van der Waals surface area (Å²) in [4.78, 5) is 0. The van der Waals surface area contributed by atoms with Crippen LogP contribution >= 0.6 is 0 Å². The van der Waals surface area contributed by atoms with Crippen LogP contribution in [-0.2, 0) is 0 Å². The molecule has 0 aromatic heterocycles. The van der Waals surface area contributed by atoms with Crippen LogP contribution in [0.1, 0.15) is 57.4 Å². The Morgan fingerprint density at radius 3 is 2.00 bits per heavy atom. The van der Waals surface area contributed by atoms with Gasteiger partial charge in [-0.1, -0.05) is 81.0 Å². The number of hydrogen-bond acceptors (Lipinski definition) is 0. The molecule has 0 aliphatic rings. The zero-order chi connectivity index (χ0) is 12.8. The second kappa shape index (κ2) is 13.0. The molecule has 0 radical (unpaired) electrons. The van der Waals surface area contributed by atoms with E-state index in [0.29, 0.717) is 0 Å². The lowest BCUT2D eigenvalue weighted by molar-refractivity contribution is 0.611. The van der Waals surface area contributed by atoms with Crippen LogP contribution in [0.4, 0.5) is 0 Å². The molecule has 0 unspecified atom stereocenters. The van der Waals surface area contributed by atoms with Gasteiger partial charge in [-0.2, -0.15) is 0 Å². The minimum absolute atomic E-state index is 1.20. The fraction of sp³-hybridized carbons (Fsp3) is 0.529. The third-order valence-corrected chi connectivity index (χ3v) is 2.70. The third kappa shape index (κ3) is 12.9. The largest absolute Gasteiger partial charge is 0.103 e. The second-order valence-electron chi connectivity index (χ2n) is 4.50. The molecule has 1 aromatic rings. The van der Waals surface area contributed by atoms with Crippen LogP contribution in [0.5, 0.6) is 0 Å². The molecule has 0 heterocycles. The predicted octanol–water partition coefficient (Wildman–Crippen LogP) is 5.92. The van der Waals surface area contributed by atoms with Gasteiger partial charge in [0.25, 0.3) is 0 Å². The number of aryl methyl sites for hydroxylation is 1. The number of unbranched alkanes of at least 4 members (excludes halogenated alkanes) is 6. The molecule has 0 heteroatoms. The van der Waals surface area contributed by atoms with Crippen LogP contribution in [0, 0.1) is 6.92 Å². The molecule has 0 aliphatic heterocycles. The van der Waals surface area contributed by atoms with Crippen molar-refractivity contribution in [2.45, 2.75) is 58.8 Å². The molecule has 0 saturated heterocycles. The normalized spacial score (nSPS) is 9.29. The maximum absolute atomic E-state index is 3.69. The van der Waals surface area contributed by atoms with Crippen LogP contribution in [0.15, 0.2) is 43.0 Å². The van der Waals surface area contributed by atoms with Crippen molar-refractivity contribution >= 4 is 0 Å². The topological polar surface area (TPSA) is 0 Å². The first kappa shape index (κ1) is 16.0. The van der Waals surface area contributed by atoms with Crippen molar-refractivity contribution in [2.24, 2.45) is 0 Å². The second-order valence-corrected chi connectivity index (χ2v) is 4.50. The number of rotatable bonds is 7. The maximum Gasteiger partial charge on any atom is -0.0353 e. The van der Waals surface area contributed by atoms with Crippen molar-refractivity contribution in [3.05, 3.63) is 48.6 Å². The van der Waals surface area contributed by atoms with E-state index in [1.165, 1.54) is 50.5 Å². The summed E-state index contributed by atoms with van der Waals surface area (Å²) in [5, 5.41) is 0. The van der Waals surface area contributed by atoms with Crippen molar-refractivity contribution in [3.63, 3.8) is 0 Å². The van der Waals surface area contributed by atoms with Crippen LogP contribution in [0.25, 0.3) is 0 Å². The fourth-order valence-corrected chi connectivity index (χ4v) is 1.60. The molecule has 0 saturated carbocycles. The van der Waals surface area contributed by atoms with Gasteiger partial charge in [0.2, 0.25) is 0 Å². The van der Waals surface area contributed by atoms with Crippen LogP contribution < -0.4 is 0 Å². The predicted molar refractivity (Wildman–Crippen MR) is 79.4 cm³/mol. The van der Waals surface area contributed by atoms with Gasteiger partial charge in [0.05, 0.1) is 0 Å². The van der Waals surface area contributed by atoms with E-state index in [4.69, 9.17) is 0 Å². The summed E-state index contributed by atoms with van der Waals surface area (Å²) in [6.07, 6.45) is 11.6. The van der Waals surface area contributed by atoms with Gasteiger partial charge in [-0.3, -0.25) is 0 Å². The first-order chi connectivity index (χ1) is 8.31. The van der Waals surface area contributed by atoms with E-state index < -0.39 is 0 Å². The minimum Gasteiger partial charge on any atom is -0.103 e. The monoisotopic (exact) mass is 232 g/mol. The Labute approximate surface area is 108 Å². The van der Waals surface area contributed by atoms with Gasteiger partial charge in [-0.15, -0.1) is 6.58 Å². The van der Waals surface area contributed by atoms with Crippen molar-refractivity contribution in [2.75, 3.05) is 0 Å². The van der Waals surface area contributed by atoms with Gasteiger partial charge in [0.15, 0.2) is 0 Å². The Balaban J connectivity index is 0.000000318. The number of benzene rings is 1. The molecular formula is C17H28. The summed E-state index contributed by atoms with van der Waals surface area (Å²) in [5.74, 6) is 0. The van der Waals surface area contributed by atoms with Gasteiger partial charge in [-0.25, -0.2) is 0 Å². The van der Waals surface area contributed by atoms with Crippen LogP contribution in [-0.4, -0.2) is 0 Å². The molecule has 17 heavy (non-hydrogen) atoms. The first-order valence-electron chi connectivity index (χ1n) is 6.93. The van der Waals surface area contributed by atoms with E-state index in [1.54, 1.807) is 0 Å². The van der Waals surface area contributed by atoms with E-state index in [-0.39, 0.29) is 0 Å². The van der Waals surface area contributed by atoms with E-state index in [2.05, 4.69) is 32.6 Å². The molecule has 1 rings (SSSR count). The van der Waals surface area contributed by atoms with Gasteiger partial charge < -0.3 is 0 Å². The quantitative estimate of drug-likeness (QED) is 0.404. The molecule has 0 bridgehead atoms. The molecule has 0 atom stereocenters. The Bertz CT molecular complexity index is 248. The van der Waals surface area contributed by atoms with Gasteiger partial charge in [0, 0.05) is 0 Å². The fourth-order valence-electron chi connectivity index (χ4n) is 1.60.